The van der Waals surface area contributed by atoms with Gasteiger partial charge in [0, 0.05) is 50.1 Å². The van der Waals surface area contributed by atoms with Gasteiger partial charge in [-0.1, -0.05) is 6.07 Å². The highest BCUT2D eigenvalue weighted by Crippen LogP contribution is 2.35. The number of furan rings is 1. The van der Waals surface area contributed by atoms with Crippen LogP contribution in [0.3, 0.4) is 0 Å². The monoisotopic (exact) mass is 396 g/mol. The Labute approximate surface area is 169 Å². The number of pyridine rings is 1. The van der Waals surface area contributed by atoms with Crippen LogP contribution in [-0.4, -0.2) is 44.2 Å². The lowest BCUT2D eigenvalue weighted by atomic mass is 10.1. The maximum atomic E-state index is 12.7. The SMILES string of the molecule is COc1cc(OC)c(Cc2ccc(C(=O)N(C)Cc3cccnc3)o2)c(OC)c1. The summed E-state index contributed by atoms with van der Waals surface area (Å²) in [6.45, 7) is 0.447. The van der Waals surface area contributed by atoms with Crippen molar-refractivity contribution in [3.63, 3.8) is 0 Å². The zero-order valence-electron chi connectivity index (χ0n) is 17.0. The Morgan fingerprint density at radius 1 is 1.07 bits per heavy atom. The van der Waals surface area contributed by atoms with Crippen molar-refractivity contribution < 1.29 is 23.4 Å². The molecule has 2 heterocycles. The van der Waals surface area contributed by atoms with E-state index in [4.69, 9.17) is 18.6 Å². The zero-order chi connectivity index (χ0) is 20.8. The highest BCUT2D eigenvalue weighted by molar-refractivity contribution is 5.91. The van der Waals surface area contributed by atoms with Crippen molar-refractivity contribution in [1.29, 1.82) is 0 Å². The van der Waals surface area contributed by atoms with Gasteiger partial charge in [-0.3, -0.25) is 9.78 Å². The Kier molecular flexibility index (Phi) is 6.39. The number of rotatable bonds is 8. The number of nitrogens with zero attached hydrogens (tertiary/aromatic N) is 2. The molecular weight excluding hydrogens is 372 g/mol. The van der Waals surface area contributed by atoms with E-state index in [9.17, 15) is 4.79 Å². The summed E-state index contributed by atoms with van der Waals surface area (Å²) in [5.41, 5.74) is 1.76. The minimum Gasteiger partial charge on any atom is -0.496 e. The van der Waals surface area contributed by atoms with Crippen molar-refractivity contribution in [3.8, 4) is 17.2 Å². The largest absolute Gasteiger partial charge is 0.496 e. The molecule has 0 bridgehead atoms. The molecule has 0 fully saturated rings. The van der Waals surface area contributed by atoms with Crippen LogP contribution < -0.4 is 14.2 Å². The maximum absolute atomic E-state index is 12.7. The smallest absolute Gasteiger partial charge is 0.289 e. The summed E-state index contributed by atoms with van der Waals surface area (Å²) < 4.78 is 22.0. The fourth-order valence-corrected chi connectivity index (χ4v) is 3.04. The molecule has 7 heteroatoms. The Morgan fingerprint density at radius 2 is 1.79 bits per heavy atom. The summed E-state index contributed by atoms with van der Waals surface area (Å²) >= 11 is 0. The highest BCUT2D eigenvalue weighted by atomic mass is 16.5. The third-order valence-electron chi connectivity index (χ3n) is 4.53. The normalized spacial score (nSPS) is 10.5. The summed E-state index contributed by atoms with van der Waals surface area (Å²) in [5, 5.41) is 0. The number of methoxy groups -OCH3 is 3. The Balaban J connectivity index is 1.77. The summed E-state index contributed by atoms with van der Waals surface area (Å²) in [7, 11) is 6.48. The molecule has 0 spiro atoms. The van der Waals surface area contributed by atoms with Crippen molar-refractivity contribution in [2.75, 3.05) is 28.4 Å². The highest BCUT2D eigenvalue weighted by Gasteiger charge is 2.19. The number of hydrogen-bond donors (Lipinski definition) is 0. The van der Waals surface area contributed by atoms with Gasteiger partial charge in [0.05, 0.1) is 21.3 Å². The van der Waals surface area contributed by atoms with Gasteiger partial charge >= 0.3 is 0 Å². The second kappa shape index (κ2) is 9.14. The van der Waals surface area contributed by atoms with Crippen LogP contribution in [-0.2, 0) is 13.0 Å². The first kappa shape index (κ1) is 20.3. The van der Waals surface area contributed by atoms with Gasteiger partial charge in [0.25, 0.3) is 5.91 Å². The van der Waals surface area contributed by atoms with Crippen LogP contribution >= 0.6 is 0 Å². The Morgan fingerprint density at radius 3 is 2.38 bits per heavy atom. The molecule has 0 aliphatic heterocycles. The first-order chi connectivity index (χ1) is 14.0. The average Bonchev–Trinajstić information content (AvgIpc) is 3.22. The van der Waals surface area contributed by atoms with E-state index < -0.39 is 0 Å². The molecule has 0 N–H and O–H groups in total. The molecule has 3 rings (SSSR count). The van der Waals surface area contributed by atoms with E-state index in [0.717, 1.165) is 11.1 Å². The molecule has 1 aromatic carbocycles. The van der Waals surface area contributed by atoms with E-state index in [2.05, 4.69) is 4.98 Å². The lowest BCUT2D eigenvalue weighted by molar-refractivity contribution is 0.0751. The predicted molar refractivity (Wildman–Crippen MR) is 108 cm³/mol. The van der Waals surface area contributed by atoms with Crippen molar-refractivity contribution in [3.05, 3.63) is 71.4 Å². The minimum atomic E-state index is -0.200. The fourth-order valence-electron chi connectivity index (χ4n) is 3.04. The topological polar surface area (TPSA) is 74.0 Å². The van der Waals surface area contributed by atoms with Crippen LogP contribution in [0.2, 0.25) is 0 Å². The minimum absolute atomic E-state index is 0.200. The molecule has 0 saturated carbocycles. The Hall–Kier alpha value is -3.48. The molecular formula is C22H24N2O5. The number of aromatic nitrogens is 1. The van der Waals surface area contributed by atoms with Gasteiger partial charge in [0.1, 0.15) is 23.0 Å². The Bertz CT molecular complexity index is 943. The second-order valence-corrected chi connectivity index (χ2v) is 6.48. The molecule has 3 aromatic rings. The molecule has 0 atom stereocenters. The third kappa shape index (κ3) is 4.68. The number of carbonyl (C=O) groups excluding carboxylic acids is 1. The van der Waals surface area contributed by atoms with E-state index in [-0.39, 0.29) is 11.7 Å². The van der Waals surface area contributed by atoms with Gasteiger partial charge in [-0.25, -0.2) is 0 Å². The van der Waals surface area contributed by atoms with Crippen molar-refractivity contribution >= 4 is 5.91 Å². The maximum Gasteiger partial charge on any atom is 0.289 e. The summed E-state index contributed by atoms with van der Waals surface area (Å²) in [6.07, 6.45) is 3.85. The van der Waals surface area contributed by atoms with Gasteiger partial charge in [0.2, 0.25) is 0 Å². The number of amides is 1. The number of ether oxygens (including phenoxy) is 3. The molecule has 7 nitrogen and oxygen atoms in total. The number of benzene rings is 1. The molecule has 0 radical (unpaired) electrons. The van der Waals surface area contributed by atoms with Crippen LogP contribution in [0.25, 0.3) is 0 Å². The number of hydrogen-bond acceptors (Lipinski definition) is 6. The quantitative estimate of drug-likeness (QED) is 0.580. The van der Waals surface area contributed by atoms with Crippen LogP contribution in [0.5, 0.6) is 17.2 Å². The molecule has 2 aromatic heterocycles. The van der Waals surface area contributed by atoms with Gasteiger partial charge in [0.15, 0.2) is 5.76 Å². The third-order valence-corrected chi connectivity index (χ3v) is 4.53. The van der Waals surface area contributed by atoms with Crippen molar-refractivity contribution in [1.82, 2.24) is 9.88 Å². The van der Waals surface area contributed by atoms with Crippen LogP contribution in [0.15, 0.2) is 53.2 Å². The molecule has 0 unspecified atom stereocenters. The standard InChI is InChI=1S/C22H24N2O5/c1-24(14-15-6-5-9-23-13-15)22(25)19-8-7-16(29-19)10-18-20(27-3)11-17(26-2)12-21(18)28-4/h5-9,11-13H,10,14H2,1-4H3. The lowest BCUT2D eigenvalue weighted by Crippen LogP contribution is -2.25. The van der Waals surface area contributed by atoms with Crippen LogP contribution in [0.1, 0.15) is 27.4 Å². The van der Waals surface area contributed by atoms with Crippen molar-refractivity contribution in [2.45, 2.75) is 13.0 Å². The van der Waals surface area contributed by atoms with Gasteiger partial charge in [-0.15, -0.1) is 0 Å². The predicted octanol–water partition coefficient (Wildman–Crippen LogP) is 3.56. The van der Waals surface area contributed by atoms with Crippen LogP contribution in [0, 0.1) is 0 Å². The van der Waals surface area contributed by atoms with Crippen molar-refractivity contribution in [2.24, 2.45) is 0 Å². The van der Waals surface area contributed by atoms with Gasteiger partial charge < -0.3 is 23.5 Å². The number of carbonyl (C=O) groups is 1. The second-order valence-electron chi connectivity index (χ2n) is 6.48. The average molecular weight is 396 g/mol. The first-order valence-electron chi connectivity index (χ1n) is 9.07. The molecule has 29 heavy (non-hydrogen) atoms. The van der Waals surface area contributed by atoms with E-state index >= 15 is 0 Å². The van der Waals surface area contributed by atoms with Crippen LogP contribution in [0.4, 0.5) is 0 Å². The van der Waals surface area contributed by atoms with E-state index in [0.29, 0.717) is 36.0 Å². The summed E-state index contributed by atoms with van der Waals surface area (Å²) in [4.78, 5) is 18.4. The van der Waals surface area contributed by atoms with Gasteiger partial charge in [-0.05, 0) is 23.8 Å². The molecule has 1 amide bonds. The van der Waals surface area contributed by atoms with E-state index in [1.54, 1.807) is 69.9 Å². The zero-order valence-corrected chi connectivity index (χ0v) is 17.0. The molecule has 0 saturated heterocycles. The summed E-state index contributed by atoms with van der Waals surface area (Å²) in [5.74, 6) is 2.59. The van der Waals surface area contributed by atoms with Gasteiger partial charge in [-0.2, -0.15) is 0 Å². The lowest BCUT2D eigenvalue weighted by Gasteiger charge is -2.16. The molecule has 0 aliphatic rings. The summed E-state index contributed by atoms with van der Waals surface area (Å²) in [6, 6.07) is 10.8. The molecule has 0 aliphatic carbocycles. The molecule has 152 valence electrons. The first-order valence-corrected chi connectivity index (χ1v) is 9.07. The fraction of sp³-hybridized carbons (Fsp3) is 0.273. The van der Waals surface area contributed by atoms with E-state index in [1.807, 2.05) is 12.1 Å². The van der Waals surface area contributed by atoms with E-state index in [1.165, 1.54) is 0 Å².